The smallest absolute Gasteiger partial charge is 0.333 e. The first-order valence-corrected chi connectivity index (χ1v) is 5.96. The summed E-state index contributed by atoms with van der Waals surface area (Å²) in [6.07, 6.45) is 5.23. The molecule has 0 aliphatic carbocycles. The van der Waals surface area contributed by atoms with Crippen molar-refractivity contribution >= 4 is 5.97 Å². The highest BCUT2D eigenvalue weighted by atomic mass is 16.5. The SMILES string of the molecule is C=C(CC)C(=O)OCCCCC(C)CC. The zero-order valence-corrected chi connectivity index (χ0v) is 10.3. The van der Waals surface area contributed by atoms with E-state index in [9.17, 15) is 4.79 Å². The van der Waals surface area contributed by atoms with Crippen LogP contribution in [0, 0.1) is 5.92 Å². The Bertz CT molecular complexity index is 197. The highest BCUT2D eigenvalue weighted by Crippen LogP contribution is 2.11. The molecule has 0 amide bonds. The molecule has 0 rings (SSSR count). The summed E-state index contributed by atoms with van der Waals surface area (Å²) in [5.74, 6) is 0.548. The Morgan fingerprint density at radius 1 is 1.33 bits per heavy atom. The summed E-state index contributed by atoms with van der Waals surface area (Å²) in [6, 6.07) is 0. The topological polar surface area (TPSA) is 26.3 Å². The van der Waals surface area contributed by atoms with Crippen molar-refractivity contribution in [1.29, 1.82) is 0 Å². The van der Waals surface area contributed by atoms with Crippen molar-refractivity contribution in [2.24, 2.45) is 5.92 Å². The molecule has 0 radical (unpaired) electrons. The van der Waals surface area contributed by atoms with Crippen molar-refractivity contribution in [3.05, 3.63) is 12.2 Å². The lowest BCUT2D eigenvalue weighted by molar-refractivity contribution is -0.139. The molecule has 0 aromatic carbocycles. The van der Waals surface area contributed by atoms with Gasteiger partial charge >= 0.3 is 5.97 Å². The summed E-state index contributed by atoms with van der Waals surface area (Å²) >= 11 is 0. The molecule has 88 valence electrons. The Hall–Kier alpha value is -0.790. The van der Waals surface area contributed by atoms with Gasteiger partial charge in [0.15, 0.2) is 0 Å². The first-order valence-electron chi connectivity index (χ1n) is 5.96. The van der Waals surface area contributed by atoms with Gasteiger partial charge < -0.3 is 4.74 Å². The van der Waals surface area contributed by atoms with Gasteiger partial charge in [0.05, 0.1) is 6.61 Å². The molecule has 0 N–H and O–H groups in total. The van der Waals surface area contributed by atoms with Gasteiger partial charge in [-0.1, -0.05) is 40.2 Å². The van der Waals surface area contributed by atoms with Crippen molar-refractivity contribution in [2.45, 2.75) is 52.9 Å². The van der Waals surface area contributed by atoms with Crippen LogP contribution in [0.15, 0.2) is 12.2 Å². The zero-order chi connectivity index (χ0) is 11.7. The molecule has 0 saturated heterocycles. The third kappa shape index (κ3) is 7.18. The van der Waals surface area contributed by atoms with Crippen molar-refractivity contribution in [2.75, 3.05) is 6.61 Å². The normalized spacial score (nSPS) is 12.2. The molecule has 0 aliphatic heterocycles. The number of hydrogen-bond acceptors (Lipinski definition) is 2. The number of ether oxygens (including phenoxy) is 1. The van der Waals surface area contributed by atoms with Crippen LogP contribution in [0.5, 0.6) is 0 Å². The van der Waals surface area contributed by atoms with E-state index in [2.05, 4.69) is 20.4 Å². The van der Waals surface area contributed by atoms with E-state index in [1.165, 1.54) is 12.8 Å². The Balaban J connectivity index is 3.39. The number of rotatable bonds is 8. The van der Waals surface area contributed by atoms with E-state index in [1.54, 1.807) is 0 Å². The van der Waals surface area contributed by atoms with Gasteiger partial charge in [-0.05, 0) is 25.2 Å². The maximum absolute atomic E-state index is 11.2. The van der Waals surface area contributed by atoms with Gasteiger partial charge in [0.25, 0.3) is 0 Å². The molecule has 2 heteroatoms. The minimum Gasteiger partial charge on any atom is -0.462 e. The Kier molecular flexibility index (Phi) is 8.06. The van der Waals surface area contributed by atoms with E-state index in [0.29, 0.717) is 18.6 Å². The Labute approximate surface area is 93.7 Å². The summed E-state index contributed by atoms with van der Waals surface area (Å²) in [6.45, 7) is 10.5. The third-order valence-corrected chi connectivity index (χ3v) is 2.74. The molecule has 0 bridgehead atoms. The summed E-state index contributed by atoms with van der Waals surface area (Å²) in [5.41, 5.74) is 0.567. The van der Waals surface area contributed by atoms with E-state index in [4.69, 9.17) is 4.74 Å². The maximum atomic E-state index is 11.2. The average Bonchev–Trinajstić information content (AvgIpc) is 2.26. The van der Waals surface area contributed by atoms with Gasteiger partial charge in [-0.3, -0.25) is 0 Å². The number of hydrogen-bond donors (Lipinski definition) is 0. The van der Waals surface area contributed by atoms with E-state index in [-0.39, 0.29) is 5.97 Å². The number of carbonyl (C=O) groups excluding carboxylic acids is 1. The van der Waals surface area contributed by atoms with Crippen LogP contribution >= 0.6 is 0 Å². The van der Waals surface area contributed by atoms with Crippen molar-refractivity contribution < 1.29 is 9.53 Å². The number of carbonyl (C=O) groups is 1. The quantitative estimate of drug-likeness (QED) is 0.348. The molecule has 1 atom stereocenters. The zero-order valence-electron chi connectivity index (χ0n) is 10.3. The van der Waals surface area contributed by atoms with Crippen LogP contribution in [0.4, 0.5) is 0 Å². The van der Waals surface area contributed by atoms with Crippen LogP contribution in [0.1, 0.15) is 52.9 Å². The van der Waals surface area contributed by atoms with Gasteiger partial charge in [-0.2, -0.15) is 0 Å². The third-order valence-electron chi connectivity index (χ3n) is 2.74. The molecule has 2 nitrogen and oxygen atoms in total. The largest absolute Gasteiger partial charge is 0.462 e. The van der Waals surface area contributed by atoms with Crippen molar-refractivity contribution in [3.8, 4) is 0 Å². The molecule has 0 fully saturated rings. The standard InChI is InChI=1S/C13H24O2/c1-5-11(3)9-7-8-10-15-13(14)12(4)6-2/h11H,4-10H2,1-3H3. The fourth-order valence-corrected chi connectivity index (χ4v) is 1.21. The Morgan fingerprint density at radius 2 is 2.00 bits per heavy atom. The van der Waals surface area contributed by atoms with Gasteiger partial charge in [0.2, 0.25) is 0 Å². The molecule has 0 saturated carbocycles. The summed E-state index contributed by atoms with van der Waals surface area (Å²) in [7, 11) is 0. The predicted octanol–water partition coefficient (Wildman–Crippen LogP) is 3.71. The summed E-state index contributed by atoms with van der Waals surface area (Å²) in [4.78, 5) is 11.2. The minimum atomic E-state index is -0.235. The van der Waals surface area contributed by atoms with Crippen LogP contribution in [0.25, 0.3) is 0 Å². The Morgan fingerprint density at radius 3 is 2.53 bits per heavy atom. The maximum Gasteiger partial charge on any atom is 0.333 e. The van der Waals surface area contributed by atoms with Gasteiger partial charge in [-0.15, -0.1) is 0 Å². The lowest BCUT2D eigenvalue weighted by Crippen LogP contribution is -2.07. The van der Waals surface area contributed by atoms with E-state index >= 15 is 0 Å². The second kappa shape index (κ2) is 8.51. The average molecular weight is 212 g/mol. The highest BCUT2D eigenvalue weighted by molar-refractivity contribution is 5.87. The van der Waals surface area contributed by atoms with E-state index in [0.717, 1.165) is 18.8 Å². The fraction of sp³-hybridized carbons (Fsp3) is 0.769. The monoisotopic (exact) mass is 212 g/mol. The second-order valence-corrected chi connectivity index (χ2v) is 4.10. The lowest BCUT2D eigenvalue weighted by atomic mass is 10.0. The predicted molar refractivity (Wildman–Crippen MR) is 63.7 cm³/mol. The van der Waals surface area contributed by atoms with Crippen LogP contribution in [-0.2, 0) is 9.53 Å². The second-order valence-electron chi connectivity index (χ2n) is 4.10. The molecule has 15 heavy (non-hydrogen) atoms. The minimum absolute atomic E-state index is 0.235. The molecule has 0 aromatic heterocycles. The molecule has 0 heterocycles. The van der Waals surface area contributed by atoms with Crippen molar-refractivity contribution in [1.82, 2.24) is 0 Å². The van der Waals surface area contributed by atoms with Crippen LogP contribution < -0.4 is 0 Å². The summed E-state index contributed by atoms with van der Waals surface area (Å²) < 4.78 is 5.07. The molecule has 1 unspecified atom stereocenters. The van der Waals surface area contributed by atoms with Crippen molar-refractivity contribution in [3.63, 3.8) is 0 Å². The molecule has 0 spiro atoms. The van der Waals surface area contributed by atoms with Gasteiger partial charge in [-0.25, -0.2) is 4.79 Å². The highest BCUT2D eigenvalue weighted by Gasteiger charge is 2.05. The van der Waals surface area contributed by atoms with Crippen LogP contribution in [-0.4, -0.2) is 12.6 Å². The molecular formula is C13H24O2. The molecular weight excluding hydrogens is 188 g/mol. The molecule has 0 aromatic rings. The van der Waals surface area contributed by atoms with Gasteiger partial charge in [0, 0.05) is 5.57 Å². The molecule has 0 aliphatic rings. The lowest BCUT2D eigenvalue weighted by Gasteiger charge is -2.08. The fourth-order valence-electron chi connectivity index (χ4n) is 1.21. The number of unbranched alkanes of at least 4 members (excludes halogenated alkanes) is 1. The number of esters is 1. The van der Waals surface area contributed by atoms with Gasteiger partial charge in [0.1, 0.15) is 0 Å². The van der Waals surface area contributed by atoms with Crippen LogP contribution in [0.2, 0.25) is 0 Å². The van der Waals surface area contributed by atoms with E-state index in [1.807, 2.05) is 6.92 Å². The first kappa shape index (κ1) is 14.2. The van der Waals surface area contributed by atoms with E-state index < -0.39 is 0 Å². The van der Waals surface area contributed by atoms with Crippen LogP contribution in [0.3, 0.4) is 0 Å². The first-order chi connectivity index (χ1) is 7.11. The summed E-state index contributed by atoms with van der Waals surface area (Å²) in [5, 5.41) is 0.